The zero-order valence-electron chi connectivity index (χ0n) is 28.2. The van der Waals surface area contributed by atoms with Crippen LogP contribution in [0.5, 0.6) is 5.75 Å². The maximum absolute atomic E-state index is 13.6. The van der Waals surface area contributed by atoms with Gasteiger partial charge in [0.15, 0.2) is 0 Å². The van der Waals surface area contributed by atoms with Gasteiger partial charge in [0.2, 0.25) is 5.91 Å². The van der Waals surface area contributed by atoms with Crippen LogP contribution in [0.1, 0.15) is 58.3 Å². The maximum Gasteiger partial charge on any atom is 0.272 e. The van der Waals surface area contributed by atoms with Gasteiger partial charge in [0.05, 0.1) is 23.5 Å². The van der Waals surface area contributed by atoms with Crippen LogP contribution in [-0.2, 0) is 22.4 Å². The molecule has 258 valence electrons. The van der Waals surface area contributed by atoms with Crippen molar-refractivity contribution in [2.24, 2.45) is 0 Å². The SMILES string of the molecule is COc1ccccc1-c1ccc(C=C(NC(=O)c2ccccc2)C(=O)Nc2ccc(SC(C)C(=O)Nc3sc4c(c3C#N)CCCCC4)cc2)o1. The van der Waals surface area contributed by atoms with Crippen LogP contribution >= 0.6 is 23.1 Å². The molecule has 1 aliphatic carbocycles. The van der Waals surface area contributed by atoms with Crippen molar-refractivity contribution in [1.29, 1.82) is 5.26 Å². The monoisotopic (exact) mass is 716 g/mol. The van der Waals surface area contributed by atoms with E-state index in [1.165, 1.54) is 34.1 Å². The number of ether oxygens (including phenoxy) is 1. The molecule has 0 radical (unpaired) electrons. The lowest BCUT2D eigenvalue weighted by molar-refractivity contribution is -0.115. The van der Waals surface area contributed by atoms with E-state index >= 15 is 0 Å². The highest BCUT2D eigenvalue weighted by molar-refractivity contribution is 8.00. The van der Waals surface area contributed by atoms with E-state index in [9.17, 15) is 19.6 Å². The van der Waals surface area contributed by atoms with E-state index in [0.717, 1.165) is 48.1 Å². The number of nitrogens with zero attached hydrogens (tertiary/aromatic N) is 1. The molecule has 0 spiro atoms. The van der Waals surface area contributed by atoms with E-state index in [1.54, 1.807) is 61.7 Å². The second-order valence-corrected chi connectivity index (χ2v) is 14.4. The molecule has 2 heterocycles. The van der Waals surface area contributed by atoms with Gasteiger partial charge in [-0.2, -0.15) is 5.26 Å². The lowest BCUT2D eigenvalue weighted by Gasteiger charge is -2.13. The Morgan fingerprint density at radius 2 is 1.67 bits per heavy atom. The highest BCUT2D eigenvalue weighted by atomic mass is 32.2. The lowest BCUT2D eigenvalue weighted by Crippen LogP contribution is -2.30. The third-order valence-corrected chi connectivity index (χ3v) is 10.7. The zero-order valence-corrected chi connectivity index (χ0v) is 29.8. The van der Waals surface area contributed by atoms with E-state index < -0.39 is 17.1 Å². The molecular formula is C40H36N4O5S2. The fraction of sp³-hybridized carbons (Fsp3) is 0.200. The summed E-state index contributed by atoms with van der Waals surface area (Å²) >= 11 is 2.89. The summed E-state index contributed by atoms with van der Waals surface area (Å²) in [6.07, 6.45) is 6.62. The lowest BCUT2D eigenvalue weighted by atomic mass is 10.1. The van der Waals surface area contributed by atoms with E-state index in [-0.39, 0.29) is 11.6 Å². The molecule has 6 rings (SSSR count). The van der Waals surface area contributed by atoms with Crippen LogP contribution in [0.25, 0.3) is 17.4 Å². The molecule has 0 saturated heterocycles. The molecule has 11 heteroatoms. The van der Waals surface area contributed by atoms with Crippen molar-refractivity contribution in [2.45, 2.75) is 49.2 Å². The van der Waals surface area contributed by atoms with E-state index in [1.807, 2.05) is 43.3 Å². The molecule has 51 heavy (non-hydrogen) atoms. The van der Waals surface area contributed by atoms with Crippen LogP contribution in [0.15, 0.2) is 106 Å². The Morgan fingerprint density at radius 1 is 0.922 bits per heavy atom. The van der Waals surface area contributed by atoms with Gasteiger partial charge in [-0.15, -0.1) is 23.1 Å². The Hall–Kier alpha value is -5.57. The number of nitriles is 1. The number of fused-ring (bicyclic) bond motifs is 1. The fourth-order valence-corrected chi connectivity index (χ4v) is 7.85. The van der Waals surface area contributed by atoms with Gasteiger partial charge in [-0.05, 0) is 98.8 Å². The van der Waals surface area contributed by atoms with Crippen molar-refractivity contribution >= 4 is 57.6 Å². The average molecular weight is 717 g/mol. The molecule has 3 aromatic carbocycles. The second kappa shape index (κ2) is 16.4. The number of rotatable bonds is 11. The highest BCUT2D eigenvalue weighted by Crippen LogP contribution is 2.38. The van der Waals surface area contributed by atoms with Gasteiger partial charge in [-0.1, -0.05) is 36.8 Å². The van der Waals surface area contributed by atoms with Crippen molar-refractivity contribution in [3.63, 3.8) is 0 Å². The predicted octanol–water partition coefficient (Wildman–Crippen LogP) is 8.69. The Kier molecular flexibility index (Phi) is 11.4. The predicted molar refractivity (Wildman–Crippen MR) is 202 cm³/mol. The van der Waals surface area contributed by atoms with Crippen molar-refractivity contribution in [2.75, 3.05) is 17.7 Å². The van der Waals surface area contributed by atoms with E-state index in [0.29, 0.717) is 39.1 Å². The third-order valence-electron chi connectivity index (χ3n) is 8.38. The molecule has 0 saturated carbocycles. The number of methoxy groups -OCH3 is 1. The maximum atomic E-state index is 13.6. The van der Waals surface area contributed by atoms with Gasteiger partial charge in [0.25, 0.3) is 11.8 Å². The number of aryl methyl sites for hydroxylation is 1. The summed E-state index contributed by atoms with van der Waals surface area (Å²) in [7, 11) is 1.58. The number of hydrogen-bond acceptors (Lipinski definition) is 8. The number of nitrogens with one attached hydrogen (secondary N) is 3. The van der Waals surface area contributed by atoms with E-state index in [2.05, 4.69) is 22.0 Å². The molecule has 1 atom stereocenters. The summed E-state index contributed by atoms with van der Waals surface area (Å²) in [6.45, 7) is 1.82. The van der Waals surface area contributed by atoms with Gasteiger partial charge >= 0.3 is 0 Å². The quantitative estimate of drug-likeness (QED) is 0.0708. The minimum absolute atomic E-state index is 0.0175. The fourth-order valence-electron chi connectivity index (χ4n) is 5.74. The summed E-state index contributed by atoms with van der Waals surface area (Å²) in [6, 6.07) is 28.9. The Labute approximate surface area is 304 Å². The standard InChI is InChI=1S/C40H36N4O5S2/c1-25(37(45)44-40-32(24-41)30-13-7-4-8-16-36(30)51-40)50-29-20-17-27(18-21-29)42-39(47)33(43-38(46)26-11-5-3-6-12-26)23-28-19-22-35(49-28)31-14-9-10-15-34(31)48-2/h3,5-6,9-12,14-15,17-23,25H,4,7-8,13,16H2,1-2H3,(H,42,47)(H,43,46)(H,44,45). The minimum Gasteiger partial charge on any atom is -0.496 e. The van der Waals surface area contributed by atoms with Crippen LogP contribution in [-0.4, -0.2) is 30.1 Å². The van der Waals surface area contributed by atoms with Crippen molar-refractivity contribution in [3.05, 3.63) is 124 Å². The van der Waals surface area contributed by atoms with E-state index in [4.69, 9.17) is 9.15 Å². The second-order valence-electron chi connectivity index (χ2n) is 11.9. The van der Waals surface area contributed by atoms with Crippen LogP contribution < -0.4 is 20.7 Å². The molecular weight excluding hydrogens is 681 g/mol. The average Bonchev–Trinajstić information content (AvgIpc) is 3.68. The van der Waals surface area contributed by atoms with Crippen LogP contribution in [0.2, 0.25) is 0 Å². The number of thiophene rings is 1. The van der Waals surface area contributed by atoms with Gasteiger partial charge in [0.1, 0.15) is 34.0 Å². The van der Waals surface area contributed by atoms with Gasteiger partial charge in [-0.3, -0.25) is 14.4 Å². The summed E-state index contributed by atoms with van der Waals surface area (Å²) in [5.74, 6) is 0.352. The summed E-state index contributed by atoms with van der Waals surface area (Å²) in [4.78, 5) is 41.9. The minimum atomic E-state index is -0.551. The highest BCUT2D eigenvalue weighted by Gasteiger charge is 2.23. The molecule has 0 fully saturated rings. The first-order valence-electron chi connectivity index (χ1n) is 16.6. The van der Waals surface area contributed by atoms with Crippen LogP contribution in [0, 0.1) is 11.3 Å². The number of furan rings is 1. The van der Waals surface area contributed by atoms with Crippen molar-refractivity contribution in [1.82, 2.24) is 5.32 Å². The smallest absolute Gasteiger partial charge is 0.272 e. The number of para-hydroxylation sites is 1. The van der Waals surface area contributed by atoms with Crippen molar-refractivity contribution < 1.29 is 23.5 Å². The summed E-state index contributed by atoms with van der Waals surface area (Å²) in [5, 5.41) is 18.6. The van der Waals surface area contributed by atoms with Gasteiger partial charge in [-0.25, -0.2) is 0 Å². The first kappa shape index (κ1) is 35.3. The third kappa shape index (κ3) is 8.60. The molecule has 0 bridgehead atoms. The Morgan fingerprint density at radius 3 is 2.43 bits per heavy atom. The van der Waals surface area contributed by atoms with Gasteiger partial charge in [0, 0.05) is 27.1 Å². The van der Waals surface area contributed by atoms with Gasteiger partial charge < -0.3 is 25.1 Å². The molecule has 2 aromatic heterocycles. The molecule has 3 N–H and O–H groups in total. The summed E-state index contributed by atoms with van der Waals surface area (Å²) < 4.78 is 11.5. The number of amides is 3. The number of carbonyl (C=O) groups is 3. The number of carbonyl (C=O) groups excluding carboxylic acids is 3. The number of anilines is 2. The number of hydrogen-bond donors (Lipinski definition) is 3. The first-order chi connectivity index (χ1) is 24.8. The molecule has 1 aliphatic rings. The first-order valence-corrected chi connectivity index (χ1v) is 18.3. The zero-order chi connectivity index (χ0) is 35.7. The molecule has 1 unspecified atom stereocenters. The Bertz CT molecular complexity index is 2110. The number of thioether (sulfide) groups is 1. The molecule has 5 aromatic rings. The normalized spacial score (nSPS) is 13.2. The van der Waals surface area contributed by atoms with Crippen LogP contribution in [0.3, 0.4) is 0 Å². The van der Waals surface area contributed by atoms with Crippen molar-refractivity contribution in [3.8, 4) is 23.1 Å². The summed E-state index contributed by atoms with van der Waals surface area (Å²) in [5.41, 5.74) is 3.30. The molecule has 3 amide bonds. The van der Waals surface area contributed by atoms with Crippen LogP contribution in [0.4, 0.5) is 10.7 Å². The topological polar surface area (TPSA) is 133 Å². The molecule has 0 aliphatic heterocycles. The molecule has 9 nitrogen and oxygen atoms in total. The number of benzene rings is 3. The largest absolute Gasteiger partial charge is 0.496 e. The Balaban J connectivity index is 1.14.